The monoisotopic (exact) mass is 193 g/mol. The van der Waals surface area contributed by atoms with Crippen LogP contribution in [-0.2, 0) is 0 Å². The van der Waals surface area contributed by atoms with E-state index in [0.717, 1.165) is 17.9 Å². The van der Waals surface area contributed by atoms with Gasteiger partial charge in [0.05, 0.1) is 6.54 Å². The van der Waals surface area contributed by atoms with Gasteiger partial charge in [-0.15, -0.1) is 0 Å². The van der Waals surface area contributed by atoms with Gasteiger partial charge in [0.15, 0.2) is 11.5 Å². The minimum atomic E-state index is -0.515. The topological polar surface area (TPSA) is 30.5 Å². The van der Waals surface area contributed by atoms with Gasteiger partial charge < -0.3 is 14.8 Å². The molecular weight excluding hydrogens is 178 g/mol. The summed E-state index contributed by atoms with van der Waals surface area (Å²) < 4.78 is 11.6. The molecule has 3 nitrogen and oxygen atoms in total. The lowest BCUT2D eigenvalue weighted by Crippen LogP contribution is -2.46. The van der Waals surface area contributed by atoms with Gasteiger partial charge in [0.25, 0.3) is 5.79 Å². The van der Waals surface area contributed by atoms with Crippen LogP contribution in [0.4, 0.5) is 0 Å². The summed E-state index contributed by atoms with van der Waals surface area (Å²) in [6.07, 6.45) is 0.822. The van der Waals surface area contributed by atoms with Gasteiger partial charge in [0, 0.05) is 6.42 Å². The Kier molecular flexibility index (Phi) is 2.33. The van der Waals surface area contributed by atoms with E-state index in [9.17, 15) is 0 Å². The first-order chi connectivity index (χ1) is 6.79. The van der Waals surface area contributed by atoms with Gasteiger partial charge in [0.2, 0.25) is 0 Å². The Morgan fingerprint density at radius 1 is 1.21 bits per heavy atom. The highest BCUT2D eigenvalue weighted by atomic mass is 16.7. The second-order valence-corrected chi connectivity index (χ2v) is 3.45. The van der Waals surface area contributed by atoms with Crippen molar-refractivity contribution in [2.24, 2.45) is 0 Å². The largest absolute Gasteiger partial charge is 0.447 e. The molecule has 3 heteroatoms. The highest BCUT2D eigenvalue weighted by Gasteiger charge is 2.38. The lowest BCUT2D eigenvalue weighted by atomic mass is 10.2. The third-order valence-corrected chi connectivity index (χ3v) is 2.43. The molecule has 76 valence electrons. The molecule has 1 heterocycles. The van der Waals surface area contributed by atoms with E-state index in [4.69, 9.17) is 9.47 Å². The number of hydrogen-bond donors (Lipinski definition) is 1. The number of rotatable bonds is 3. The second kappa shape index (κ2) is 3.50. The number of likely N-dealkylation sites (N-methyl/N-ethyl adjacent to an activating group) is 1. The number of benzene rings is 1. The molecule has 1 N–H and O–H groups in total. The Balaban J connectivity index is 2.23. The fourth-order valence-corrected chi connectivity index (χ4v) is 1.65. The Morgan fingerprint density at radius 2 is 1.79 bits per heavy atom. The van der Waals surface area contributed by atoms with Crippen LogP contribution in [0, 0.1) is 0 Å². The number of hydrogen-bond acceptors (Lipinski definition) is 3. The van der Waals surface area contributed by atoms with E-state index in [2.05, 4.69) is 12.2 Å². The second-order valence-electron chi connectivity index (χ2n) is 3.45. The minimum absolute atomic E-state index is 0.515. The molecule has 0 bridgehead atoms. The fourth-order valence-electron chi connectivity index (χ4n) is 1.65. The molecule has 0 radical (unpaired) electrons. The first-order valence-corrected chi connectivity index (χ1v) is 4.91. The van der Waals surface area contributed by atoms with Crippen LogP contribution in [0.3, 0.4) is 0 Å². The smallest absolute Gasteiger partial charge is 0.263 e. The molecule has 0 aliphatic carbocycles. The van der Waals surface area contributed by atoms with E-state index < -0.39 is 5.79 Å². The summed E-state index contributed by atoms with van der Waals surface area (Å²) in [7, 11) is 1.90. The predicted molar refractivity (Wildman–Crippen MR) is 54.6 cm³/mol. The van der Waals surface area contributed by atoms with Gasteiger partial charge in [-0.2, -0.15) is 0 Å². The van der Waals surface area contributed by atoms with Gasteiger partial charge >= 0.3 is 0 Å². The Labute approximate surface area is 84.0 Å². The number of ether oxygens (including phenoxy) is 2. The molecule has 0 atom stereocenters. The molecule has 0 saturated carbocycles. The molecule has 0 spiro atoms. The van der Waals surface area contributed by atoms with E-state index in [0.29, 0.717) is 6.54 Å². The molecule has 1 aromatic carbocycles. The maximum absolute atomic E-state index is 5.80. The standard InChI is InChI=1S/C11H15NO2/c1-3-11(8-12-2)13-9-6-4-5-7-10(9)14-11/h4-7,12H,3,8H2,1-2H3. The van der Waals surface area contributed by atoms with Crippen molar-refractivity contribution in [3.63, 3.8) is 0 Å². The van der Waals surface area contributed by atoms with E-state index in [1.165, 1.54) is 0 Å². The van der Waals surface area contributed by atoms with E-state index in [-0.39, 0.29) is 0 Å². The fraction of sp³-hybridized carbons (Fsp3) is 0.455. The van der Waals surface area contributed by atoms with Crippen molar-refractivity contribution in [3.05, 3.63) is 24.3 Å². The van der Waals surface area contributed by atoms with Crippen molar-refractivity contribution < 1.29 is 9.47 Å². The number of fused-ring (bicyclic) bond motifs is 1. The van der Waals surface area contributed by atoms with E-state index in [1.54, 1.807) is 0 Å². The van der Waals surface area contributed by atoms with Crippen LogP contribution in [0.15, 0.2) is 24.3 Å². The van der Waals surface area contributed by atoms with Crippen molar-refractivity contribution in [1.82, 2.24) is 5.32 Å². The first-order valence-electron chi connectivity index (χ1n) is 4.91. The van der Waals surface area contributed by atoms with Gasteiger partial charge in [-0.3, -0.25) is 0 Å². The number of nitrogens with one attached hydrogen (secondary N) is 1. The normalized spacial score (nSPS) is 17.0. The maximum atomic E-state index is 5.80. The Bertz CT molecular complexity index is 300. The summed E-state index contributed by atoms with van der Waals surface area (Å²) >= 11 is 0. The summed E-state index contributed by atoms with van der Waals surface area (Å²) in [6, 6.07) is 7.77. The van der Waals surface area contributed by atoms with Crippen LogP contribution in [0.25, 0.3) is 0 Å². The molecular formula is C11H15NO2. The average Bonchev–Trinajstić information content (AvgIpc) is 2.57. The van der Waals surface area contributed by atoms with Crippen molar-refractivity contribution in [3.8, 4) is 11.5 Å². The number of para-hydroxylation sites is 2. The zero-order chi connectivity index (χ0) is 10.0. The SMILES string of the molecule is CCC1(CNC)Oc2ccccc2O1. The van der Waals surface area contributed by atoms with Crippen molar-refractivity contribution in [2.45, 2.75) is 19.1 Å². The van der Waals surface area contributed by atoms with Gasteiger partial charge in [-0.05, 0) is 19.2 Å². The summed E-state index contributed by atoms with van der Waals surface area (Å²) in [5.41, 5.74) is 0. The van der Waals surface area contributed by atoms with Crippen molar-refractivity contribution in [1.29, 1.82) is 0 Å². The predicted octanol–water partition coefficient (Wildman–Crippen LogP) is 1.78. The molecule has 0 aromatic heterocycles. The lowest BCUT2D eigenvalue weighted by molar-refractivity contribution is -0.0778. The summed E-state index contributed by atoms with van der Waals surface area (Å²) in [5, 5.41) is 3.09. The molecule has 2 rings (SSSR count). The minimum Gasteiger partial charge on any atom is -0.447 e. The summed E-state index contributed by atoms with van der Waals surface area (Å²) in [4.78, 5) is 0. The zero-order valence-corrected chi connectivity index (χ0v) is 8.54. The highest BCUT2D eigenvalue weighted by molar-refractivity contribution is 5.42. The van der Waals surface area contributed by atoms with Crippen LogP contribution in [0.2, 0.25) is 0 Å². The van der Waals surface area contributed by atoms with Crippen LogP contribution in [0.1, 0.15) is 13.3 Å². The van der Waals surface area contributed by atoms with Crippen molar-refractivity contribution >= 4 is 0 Å². The average molecular weight is 193 g/mol. The van der Waals surface area contributed by atoms with E-state index >= 15 is 0 Å². The lowest BCUT2D eigenvalue weighted by Gasteiger charge is -2.25. The Hall–Kier alpha value is -1.22. The van der Waals surface area contributed by atoms with E-state index in [1.807, 2.05) is 31.3 Å². The summed E-state index contributed by atoms with van der Waals surface area (Å²) in [6.45, 7) is 2.75. The van der Waals surface area contributed by atoms with Gasteiger partial charge in [0.1, 0.15) is 0 Å². The molecule has 1 aliphatic rings. The molecule has 0 unspecified atom stereocenters. The molecule has 0 saturated heterocycles. The van der Waals surface area contributed by atoms with Crippen molar-refractivity contribution in [2.75, 3.05) is 13.6 Å². The highest BCUT2D eigenvalue weighted by Crippen LogP contribution is 2.39. The molecule has 14 heavy (non-hydrogen) atoms. The zero-order valence-electron chi connectivity index (χ0n) is 8.54. The van der Waals surface area contributed by atoms with Gasteiger partial charge in [-0.25, -0.2) is 0 Å². The third kappa shape index (κ3) is 1.44. The molecule has 1 aromatic rings. The van der Waals surface area contributed by atoms with Crippen LogP contribution >= 0.6 is 0 Å². The van der Waals surface area contributed by atoms with Crippen LogP contribution in [0.5, 0.6) is 11.5 Å². The quantitative estimate of drug-likeness (QED) is 0.793. The molecule has 0 fully saturated rings. The maximum Gasteiger partial charge on any atom is 0.263 e. The molecule has 0 amide bonds. The van der Waals surface area contributed by atoms with Gasteiger partial charge in [-0.1, -0.05) is 19.1 Å². The first kappa shape index (κ1) is 9.34. The summed E-state index contributed by atoms with van der Waals surface area (Å²) in [5.74, 6) is 1.16. The van der Waals surface area contributed by atoms with Crippen LogP contribution in [-0.4, -0.2) is 19.4 Å². The van der Waals surface area contributed by atoms with Crippen LogP contribution < -0.4 is 14.8 Å². The molecule has 1 aliphatic heterocycles. The third-order valence-electron chi connectivity index (χ3n) is 2.43. The Morgan fingerprint density at radius 3 is 2.21 bits per heavy atom.